The molecule has 1 aromatic carbocycles. The highest BCUT2D eigenvalue weighted by Gasteiger charge is 2.23. The zero-order valence-electron chi connectivity index (χ0n) is 11.7. The number of fused-ring (bicyclic) bond motifs is 1. The van der Waals surface area contributed by atoms with Gasteiger partial charge in [0.15, 0.2) is 11.5 Å². The molecule has 1 unspecified atom stereocenters. The van der Waals surface area contributed by atoms with E-state index in [0.29, 0.717) is 0 Å². The van der Waals surface area contributed by atoms with Gasteiger partial charge in [-0.15, -0.1) is 0 Å². The maximum absolute atomic E-state index is 9.08. The van der Waals surface area contributed by atoms with Gasteiger partial charge in [-0.05, 0) is 24.1 Å². The van der Waals surface area contributed by atoms with Gasteiger partial charge in [0.25, 0.3) is 0 Å². The lowest BCUT2D eigenvalue weighted by atomic mass is 10.1. The van der Waals surface area contributed by atoms with Gasteiger partial charge in [0.05, 0.1) is 6.61 Å². The quantitative estimate of drug-likeness (QED) is 0.720. The molecule has 1 aliphatic heterocycles. The monoisotopic (exact) mass is 264 g/mol. The highest BCUT2D eigenvalue weighted by Crippen LogP contribution is 2.36. The van der Waals surface area contributed by atoms with Crippen LogP contribution in [0.25, 0.3) is 0 Å². The summed E-state index contributed by atoms with van der Waals surface area (Å²) >= 11 is 0. The second kappa shape index (κ2) is 7.39. The number of unbranched alkanes of at least 4 members (excludes halogenated alkanes) is 5. The number of ether oxygens (including phenoxy) is 2. The van der Waals surface area contributed by atoms with Gasteiger partial charge in [-0.1, -0.05) is 45.1 Å². The summed E-state index contributed by atoms with van der Waals surface area (Å²) < 4.78 is 11.5. The second-order valence-corrected chi connectivity index (χ2v) is 5.16. The molecule has 3 nitrogen and oxygen atoms in total. The Bertz CT molecular complexity index is 390. The zero-order chi connectivity index (χ0) is 13.5. The number of aliphatic hydroxyl groups excluding tert-OH is 1. The zero-order valence-corrected chi connectivity index (χ0v) is 11.7. The minimum Gasteiger partial charge on any atom is -0.451 e. The van der Waals surface area contributed by atoms with Crippen LogP contribution in [-0.4, -0.2) is 11.4 Å². The number of benzene rings is 1. The number of hydrogen-bond acceptors (Lipinski definition) is 3. The second-order valence-electron chi connectivity index (χ2n) is 5.16. The molecule has 19 heavy (non-hydrogen) atoms. The summed E-state index contributed by atoms with van der Waals surface area (Å²) in [6.07, 6.45) is 8.47. The molecule has 0 aliphatic carbocycles. The Morgan fingerprint density at radius 2 is 1.74 bits per heavy atom. The molecule has 0 spiro atoms. The Morgan fingerprint density at radius 1 is 1.00 bits per heavy atom. The average Bonchev–Trinajstić information content (AvgIpc) is 2.84. The summed E-state index contributed by atoms with van der Waals surface area (Å²) in [4.78, 5) is 0. The third-order valence-corrected chi connectivity index (χ3v) is 3.50. The third-order valence-electron chi connectivity index (χ3n) is 3.50. The van der Waals surface area contributed by atoms with Gasteiger partial charge in [-0.3, -0.25) is 0 Å². The summed E-state index contributed by atoms with van der Waals surface area (Å²) in [6.45, 7) is 2.27. The largest absolute Gasteiger partial charge is 0.451 e. The van der Waals surface area contributed by atoms with Crippen LogP contribution in [0.2, 0.25) is 0 Å². The van der Waals surface area contributed by atoms with Crippen molar-refractivity contribution in [3.8, 4) is 11.5 Å². The summed E-state index contributed by atoms with van der Waals surface area (Å²) in [5.74, 6) is 1.57. The first-order chi connectivity index (χ1) is 9.33. The van der Waals surface area contributed by atoms with Crippen LogP contribution in [-0.2, 0) is 6.61 Å². The van der Waals surface area contributed by atoms with Crippen molar-refractivity contribution in [3.63, 3.8) is 0 Å². The smallest absolute Gasteiger partial charge is 0.241 e. The molecule has 0 amide bonds. The molecule has 0 radical (unpaired) electrons. The highest BCUT2D eigenvalue weighted by molar-refractivity contribution is 5.44. The summed E-state index contributed by atoms with van der Waals surface area (Å²) in [5, 5.41) is 9.08. The fraction of sp³-hybridized carbons (Fsp3) is 0.625. The van der Waals surface area contributed by atoms with Crippen molar-refractivity contribution in [2.75, 3.05) is 0 Å². The predicted octanol–water partition coefficient (Wildman–Crippen LogP) is 4.03. The third kappa shape index (κ3) is 4.13. The van der Waals surface area contributed by atoms with E-state index in [-0.39, 0.29) is 12.9 Å². The standard InChI is InChI=1S/C16H24O3/c1-2-3-4-5-6-7-8-16-18-14-10-9-13(12-17)11-15(14)19-16/h9-11,16-17H,2-8,12H2,1H3. The van der Waals surface area contributed by atoms with Gasteiger partial charge in [0, 0.05) is 6.42 Å². The minimum absolute atomic E-state index is 0.0404. The average molecular weight is 264 g/mol. The Morgan fingerprint density at radius 3 is 2.53 bits per heavy atom. The van der Waals surface area contributed by atoms with E-state index in [0.717, 1.165) is 29.9 Å². The molecule has 1 atom stereocenters. The van der Waals surface area contributed by atoms with Crippen molar-refractivity contribution in [2.24, 2.45) is 0 Å². The van der Waals surface area contributed by atoms with Crippen LogP contribution in [0.3, 0.4) is 0 Å². The number of rotatable bonds is 8. The maximum atomic E-state index is 9.08. The first kappa shape index (κ1) is 14.2. The van der Waals surface area contributed by atoms with Gasteiger partial charge >= 0.3 is 0 Å². The SMILES string of the molecule is CCCCCCCCC1Oc2ccc(CO)cc2O1. The van der Waals surface area contributed by atoms with E-state index in [1.54, 1.807) is 0 Å². The molecule has 1 aliphatic rings. The fourth-order valence-corrected chi connectivity index (χ4v) is 2.36. The molecule has 0 fully saturated rings. The fourth-order valence-electron chi connectivity index (χ4n) is 2.36. The van der Waals surface area contributed by atoms with E-state index in [1.165, 1.54) is 32.1 Å². The van der Waals surface area contributed by atoms with Gasteiger partial charge < -0.3 is 14.6 Å². The molecule has 0 bridgehead atoms. The van der Waals surface area contributed by atoms with Crippen LogP contribution < -0.4 is 9.47 Å². The molecule has 0 aromatic heterocycles. The summed E-state index contributed by atoms with van der Waals surface area (Å²) in [6, 6.07) is 5.61. The molecular formula is C16H24O3. The molecule has 0 saturated carbocycles. The molecule has 1 heterocycles. The lowest BCUT2D eigenvalue weighted by Gasteiger charge is -2.09. The van der Waals surface area contributed by atoms with Crippen molar-refractivity contribution >= 4 is 0 Å². The van der Waals surface area contributed by atoms with Crippen LogP contribution in [0.4, 0.5) is 0 Å². The normalized spacial score (nSPS) is 16.8. The van der Waals surface area contributed by atoms with Crippen LogP contribution >= 0.6 is 0 Å². The van der Waals surface area contributed by atoms with Crippen molar-refractivity contribution in [1.29, 1.82) is 0 Å². The van der Waals surface area contributed by atoms with Gasteiger partial charge in [0.2, 0.25) is 6.29 Å². The topological polar surface area (TPSA) is 38.7 Å². The first-order valence-electron chi connectivity index (χ1n) is 7.40. The Labute approximate surface area is 115 Å². The first-order valence-corrected chi connectivity index (χ1v) is 7.40. The van der Waals surface area contributed by atoms with E-state index in [9.17, 15) is 0 Å². The number of aliphatic hydroxyl groups is 1. The maximum Gasteiger partial charge on any atom is 0.241 e. The van der Waals surface area contributed by atoms with Crippen molar-refractivity contribution in [2.45, 2.75) is 64.8 Å². The van der Waals surface area contributed by atoms with Crippen molar-refractivity contribution in [1.82, 2.24) is 0 Å². The Balaban J connectivity index is 1.68. The lowest BCUT2D eigenvalue weighted by molar-refractivity contribution is 0.0395. The van der Waals surface area contributed by atoms with Crippen LogP contribution in [0.5, 0.6) is 11.5 Å². The molecule has 106 valence electrons. The molecule has 3 heteroatoms. The van der Waals surface area contributed by atoms with E-state index in [4.69, 9.17) is 14.6 Å². The molecule has 0 saturated heterocycles. The Hall–Kier alpha value is -1.22. The Kier molecular flexibility index (Phi) is 5.52. The van der Waals surface area contributed by atoms with Gasteiger partial charge in [-0.25, -0.2) is 0 Å². The number of hydrogen-bond donors (Lipinski definition) is 1. The van der Waals surface area contributed by atoms with E-state index in [1.807, 2.05) is 18.2 Å². The van der Waals surface area contributed by atoms with Crippen LogP contribution in [0.15, 0.2) is 18.2 Å². The molecule has 1 aromatic rings. The predicted molar refractivity (Wildman–Crippen MR) is 75.4 cm³/mol. The van der Waals surface area contributed by atoms with E-state index >= 15 is 0 Å². The van der Waals surface area contributed by atoms with Gasteiger partial charge in [0.1, 0.15) is 0 Å². The molecule has 2 rings (SSSR count). The molecular weight excluding hydrogens is 240 g/mol. The van der Waals surface area contributed by atoms with E-state index < -0.39 is 0 Å². The van der Waals surface area contributed by atoms with Crippen LogP contribution in [0.1, 0.15) is 57.4 Å². The highest BCUT2D eigenvalue weighted by atomic mass is 16.7. The van der Waals surface area contributed by atoms with Crippen molar-refractivity contribution in [3.05, 3.63) is 23.8 Å². The van der Waals surface area contributed by atoms with Crippen LogP contribution in [0, 0.1) is 0 Å². The van der Waals surface area contributed by atoms with Gasteiger partial charge in [-0.2, -0.15) is 0 Å². The van der Waals surface area contributed by atoms with E-state index in [2.05, 4.69) is 6.92 Å². The summed E-state index contributed by atoms with van der Waals surface area (Å²) in [5.41, 5.74) is 0.863. The lowest BCUT2D eigenvalue weighted by Crippen LogP contribution is -2.17. The van der Waals surface area contributed by atoms with Crippen molar-refractivity contribution < 1.29 is 14.6 Å². The minimum atomic E-state index is -0.143. The molecule has 1 N–H and O–H groups in total. The summed E-state index contributed by atoms with van der Waals surface area (Å²) in [7, 11) is 0.